The van der Waals surface area contributed by atoms with Crippen molar-refractivity contribution in [3.05, 3.63) is 36.3 Å². The second-order valence-electron chi connectivity index (χ2n) is 11.0. The van der Waals surface area contributed by atoms with Crippen LogP contribution in [0.25, 0.3) is 0 Å². The van der Waals surface area contributed by atoms with E-state index in [9.17, 15) is 26.7 Å². The Labute approximate surface area is 248 Å². The smallest absolute Gasteiger partial charge is 0.261 e. The molecular weight excluding hydrogens is 586 g/mol. The first-order valence-electron chi connectivity index (χ1n) is 13.9. The molecule has 1 aliphatic rings. The second-order valence-corrected chi connectivity index (χ2v) is 14.8. The molecule has 3 rings (SSSR count). The van der Waals surface area contributed by atoms with Crippen LogP contribution in [0.15, 0.2) is 35.7 Å². The van der Waals surface area contributed by atoms with Crippen LogP contribution in [0, 0.1) is 5.92 Å². The molecule has 1 aromatic heterocycles. The highest BCUT2D eigenvalue weighted by molar-refractivity contribution is 7.92. The first-order chi connectivity index (χ1) is 19.6. The molecule has 0 bridgehead atoms. The fourth-order valence-corrected chi connectivity index (χ4v) is 6.39. The van der Waals surface area contributed by atoms with E-state index in [2.05, 4.69) is 9.71 Å². The molecule has 1 aliphatic heterocycles. The number of rotatable bonds is 8. The Hall–Kier alpha value is -2.72. The van der Waals surface area contributed by atoms with Crippen molar-refractivity contribution in [2.75, 3.05) is 44.3 Å². The standard InChI is InChI=1S/C27H43N5O8S2/c1-19-14-32(20(2)17-33)27(34)23-13-22(29-41(6,35)36)10-11-24(23)40-21(3)9-7-8-12-39-25(19)15-31(5)42(37,38)26-16-30(4)18-28-26/h10-11,13,16,18-21,25,29,33H,7-9,12,14-15,17H2,1-6H3/t19-,20-,21-,25-/m1/s1. The second kappa shape index (κ2) is 14.2. The summed E-state index contributed by atoms with van der Waals surface area (Å²) in [6.45, 7) is 5.66. The third kappa shape index (κ3) is 8.89. The summed E-state index contributed by atoms with van der Waals surface area (Å²) in [5.74, 6) is -0.513. The lowest BCUT2D eigenvalue weighted by atomic mass is 10.0. The van der Waals surface area contributed by atoms with Gasteiger partial charge in [-0.15, -0.1) is 0 Å². The Kier molecular flexibility index (Phi) is 11.4. The molecule has 0 radical (unpaired) electrons. The van der Waals surface area contributed by atoms with Crippen LogP contribution in [0.3, 0.4) is 0 Å². The molecule has 13 nitrogen and oxygen atoms in total. The molecule has 236 valence electrons. The molecule has 0 saturated carbocycles. The SMILES string of the molecule is C[C@@H]1CCCCO[C@H](CN(C)S(=O)(=O)c2cn(C)cn2)[C@H](C)CN([C@H](C)CO)C(=O)c2cc(NS(C)(=O)=O)ccc2O1. The van der Waals surface area contributed by atoms with Crippen molar-refractivity contribution in [2.45, 2.75) is 63.3 Å². The number of aliphatic hydroxyl groups is 1. The monoisotopic (exact) mass is 629 g/mol. The molecule has 0 fully saturated rings. The number of amides is 1. The Morgan fingerprint density at radius 3 is 2.55 bits per heavy atom. The molecule has 4 atom stereocenters. The molecule has 0 unspecified atom stereocenters. The van der Waals surface area contributed by atoms with Crippen LogP contribution in [0.1, 0.15) is 50.4 Å². The zero-order chi connectivity index (χ0) is 31.2. The number of hydrogen-bond acceptors (Lipinski definition) is 9. The van der Waals surface area contributed by atoms with Crippen LogP contribution >= 0.6 is 0 Å². The number of imidazole rings is 1. The van der Waals surface area contributed by atoms with Gasteiger partial charge in [-0.2, -0.15) is 4.31 Å². The molecule has 0 spiro atoms. The number of hydrogen-bond donors (Lipinski definition) is 2. The largest absolute Gasteiger partial charge is 0.490 e. The fraction of sp³-hybridized carbons (Fsp3) is 0.630. The van der Waals surface area contributed by atoms with Crippen LogP contribution in [0.2, 0.25) is 0 Å². The van der Waals surface area contributed by atoms with Crippen molar-refractivity contribution in [1.29, 1.82) is 0 Å². The quantitative estimate of drug-likeness (QED) is 0.445. The van der Waals surface area contributed by atoms with Gasteiger partial charge in [0.15, 0.2) is 5.03 Å². The van der Waals surface area contributed by atoms with Gasteiger partial charge in [-0.1, -0.05) is 6.92 Å². The number of carbonyl (C=O) groups excluding carboxylic acids is 1. The van der Waals surface area contributed by atoms with Crippen molar-refractivity contribution < 1.29 is 36.2 Å². The highest BCUT2D eigenvalue weighted by Crippen LogP contribution is 2.29. The zero-order valence-electron chi connectivity index (χ0n) is 25.1. The summed E-state index contributed by atoms with van der Waals surface area (Å²) in [5, 5.41) is 9.99. The topological polar surface area (TPSA) is 160 Å². The Balaban J connectivity index is 1.98. The Morgan fingerprint density at radius 2 is 1.93 bits per heavy atom. The lowest BCUT2D eigenvalue weighted by molar-refractivity contribution is -0.00835. The van der Waals surface area contributed by atoms with E-state index in [4.69, 9.17) is 9.47 Å². The van der Waals surface area contributed by atoms with E-state index < -0.39 is 38.1 Å². The van der Waals surface area contributed by atoms with Crippen molar-refractivity contribution in [3.8, 4) is 5.75 Å². The maximum atomic E-state index is 14.1. The summed E-state index contributed by atoms with van der Waals surface area (Å²) in [6, 6.07) is 3.92. The Bertz CT molecular complexity index is 1430. The minimum Gasteiger partial charge on any atom is -0.490 e. The van der Waals surface area contributed by atoms with E-state index in [1.807, 2.05) is 13.8 Å². The highest BCUT2D eigenvalue weighted by Gasteiger charge is 2.33. The molecule has 2 heterocycles. The zero-order valence-corrected chi connectivity index (χ0v) is 26.7. The Morgan fingerprint density at radius 1 is 1.21 bits per heavy atom. The average Bonchev–Trinajstić information content (AvgIpc) is 3.36. The summed E-state index contributed by atoms with van der Waals surface area (Å²) in [4.78, 5) is 19.5. The third-order valence-corrected chi connectivity index (χ3v) is 9.46. The van der Waals surface area contributed by atoms with Gasteiger partial charge < -0.3 is 24.0 Å². The van der Waals surface area contributed by atoms with Crippen molar-refractivity contribution in [3.63, 3.8) is 0 Å². The van der Waals surface area contributed by atoms with Gasteiger partial charge in [0.1, 0.15) is 5.75 Å². The lowest BCUT2D eigenvalue weighted by Gasteiger charge is -2.35. The number of aliphatic hydroxyl groups excluding tert-OH is 1. The van der Waals surface area contributed by atoms with Gasteiger partial charge in [0.05, 0.1) is 43.0 Å². The summed E-state index contributed by atoms with van der Waals surface area (Å²) in [6.07, 6.45) is 5.20. The lowest BCUT2D eigenvalue weighted by Crippen LogP contribution is -2.48. The predicted octanol–water partition coefficient (Wildman–Crippen LogP) is 1.91. The summed E-state index contributed by atoms with van der Waals surface area (Å²) < 4.78 is 67.7. The van der Waals surface area contributed by atoms with E-state index in [1.165, 1.54) is 40.9 Å². The minimum absolute atomic E-state index is 0.0220. The first-order valence-corrected chi connectivity index (χ1v) is 17.2. The van der Waals surface area contributed by atoms with Crippen molar-refractivity contribution in [1.82, 2.24) is 18.8 Å². The van der Waals surface area contributed by atoms with Gasteiger partial charge in [0.2, 0.25) is 10.0 Å². The molecule has 2 aromatic rings. The van der Waals surface area contributed by atoms with E-state index >= 15 is 0 Å². The minimum atomic E-state index is -3.89. The van der Waals surface area contributed by atoms with Crippen LogP contribution in [-0.2, 0) is 31.8 Å². The summed E-state index contributed by atoms with van der Waals surface area (Å²) in [5.41, 5.74) is 0.349. The first kappa shape index (κ1) is 33.8. The maximum absolute atomic E-state index is 14.1. The number of benzene rings is 1. The van der Waals surface area contributed by atoms with E-state index in [1.54, 1.807) is 24.6 Å². The number of aromatic nitrogens is 2. The number of likely N-dealkylation sites (N-methyl/N-ethyl adjacent to an activating group) is 1. The van der Waals surface area contributed by atoms with Crippen LogP contribution in [0.5, 0.6) is 5.75 Å². The van der Waals surface area contributed by atoms with Crippen molar-refractivity contribution >= 4 is 31.6 Å². The number of aryl methyl sites for hydroxylation is 1. The molecule has 0 aliphatic carbocycles. The van der Waals surface area contributed by atoms with Crippen LogP contribution in [0.4, 0.5) is 5.69 Å². The van der Waals surface area contributed by atoms with Gasteiger partial charge in [0, 0.05) is 51.6 Å². The molecule has 2 N–H and O–H groups in total. The van der Waals surface area contributed by atoms with Gasteiger partial charge in [-0.05, 0) is 51.3 Å². The van der Waals surface area contributed by atoms with Crippen LogP contribution in [-0.4, -0.2) is 104 Å². The van der Waals surface area contributed by atoms with Gasteiger partial charge in [0.25, 0.3) is 15.9 Å². The van der Waals surface area contributed by atoms with Gasteiger partial charge in [-0.3, -0.25) is 9.52 Å². The number of sulfonamides is 2. The number of fused-ring (bicyclic) bond motifs is 1. The number of nitrogens with one attached hydrogen (secondary N) is 1. The van der Waals surface area contributed by atoms with E-state index in [-0.39, 0.29) is 48.0 Å². The van der Waals surface area contributed by atoms with Crippen molar-refractivity contribution in [2.24, 2.45) is 13.0 Å². The van der Waals surface area contributed by atoms with E-state index in [0.29, 0.717) is 25.2 Å². The summed E-state index contributed by atoms with van der Waals surface area (Å²) >= 11 is 0. The normalized spacial score (nSPS) is 22.2. The highest BCUT2D eigenvalue weighted by atomic mass is 32.2. The number of anilines is 1. The predicted molar refractivity (Wildman–Crippen MR) is 158 cm³/mol. The van der Waals surface area contributed by atoms with Gasteiger partial charge in [-0.25, -0.2) is 21.8 Å². The summed E-state index contributed by atoms with van der Waals surface area (Å²) in [7, 11) is -4.34. The van der Waals surface area contributed by atoms with Gasteiger partial charge >= 0.3 is 0 Å². The third-order valence-electron chi connectivity index (χ3n) is 7.15. The molecule has 1 amide bonds. The van der Waals surface area contributed by atoms with E-state index in [0.717, 1.165) is 12.7 Å². The molecular formula is C27H43N5O8S2. The fourth-order valence-electron chi connectivity index (χ4n) is 4.70. The maximum Gasteiger partial charge on any atom is 0.261 e. The molecule has 42 heavy (non-hydrogen) atoms. The average molecular weight is 630 g/mol. The number of nitrogens with zero attached hydrogens (tertiary/aromatic N) is 4. The molecule has 0 saturated heterocycles. The molecule has 1 aromatic carbocycles. The van der Waals surface area contributed by atoms with Crippen LogP contribution < -0.4 is 9.46 Å². The molecule has 15 heteroatoms. The number of ether oxygens (including phenoxy) is 2. The number of carbonyl (C=O) groups is 1.